The van der Waals surface area contributed by atoms with Gasteiger partial charge in [0.2, 0.25) is 5.82 Å². The number of nitrogens with zero attached hydrogens (tertiary/aromatic N) is 4. The van der Waals surface area contributed by atoms with E-state index in [2.05, 4.69) is 34.5 Å². The van der Waals surface area contributed by atoms with E-state index in [1.54, 1.807) is 12.1 Å². The van der Waals surface area contributed by atoms with Gasteiger partial charge in [-0.1, -0.05) is 26.0 Å². The van der Waals surface area contributed by atoms with Crippen molar-refractivity contribution in [3.63, 3.8) is 0 Å². The number of nitrogens with one attached hydrogen (secondary N) is 1. The van der Waals surface area contributed by atoms with Gasteiger partial charge in [0, 0.05) is 5.69 Å². The summed E-state index contributed by atoms with van der Waals surface area (Å²) in [6, 6.07) is 11.2. The number of hydrogen-bond acceptors (Lipinski definition) is 4. The second-order valence-corrected chi connectivity index (χ2v) is 5.25. The highest BCUT2D eigenvalue weighted by molar-refractivity contribution is 5.58. The number of anilines is 2. The lowest BCUT2D eigenvalue weighted by molar-refractivity contribution is 0.137. The molecule has 0 aliphatic carbocycles. The van der Waals surface area contributed by atoms with Crippen molar-refractivity contribution in [3.8, 4) is 0 Å². The van der Waals surface area contributed by atoms with Crippen molar-refractivity contribution < 1.29 is 8.78 Å². The van der Waals surface area contributed by atoms with E-state index in [0.29, 0.717) is 11.7 Å². The van der Waals surface area contributed by atoms with E-state index in [1.807, 2.05) is 24.3 Å². The third kappa shape index (κ3) is 2.74. The Kier molecular flexibility index (Phi) is 3.70. The molecule has 1 aromatic carbocycles. The molecule has 7 heteroatoms. The monoisotopic (exact) mass is 303 g/mol. The molecule has 114 valence electrons. The third-order valence-corrected chi connectivity index (χ3v) is 3.31. The highest BCUT2D eigenvalue weighted by Gasteiger charge is 2.17. The number of hydrogen-bond donors (Lipinski definition) is 1. The molecule has 1 N–H and O–H groups in total. The molecule has 0 saturated carbocycles. The molecule has 0 spiro atoms. The number of benzene rings is 1. The SMILES string of the molecule is CC(C)c1cccc(Nc2ccc3nnc(C(F)F)n3n2)c1. The minimum absolute atomic E-state index is 0.289. The van der Waals surface area contributed by atoms with Crippen molar-refractivity contribution in [2.45, 2.75) is 26.2 Å². The van der Waals surface area contributed by atoms with Crippen LogP contribution in [0.5, 0.6) is 0 Å². The van der Waals surface area contributed by atoms with Gasteiger partial charge in [0.1, 0.15) is 0 Å². The smallest absolute Gasteiger partial charge is 0.299 e. The van der Waals surface area contributed by atoms with Crippen molar-refractivity contribution in [1.82, 2.24) is 19.8 Å². The van der Waals surface area contributed by atoms with Crippen molar-refractivity contribution >= 4 is 17.2 Å². The molecule has 0 unspecified atom stereocenters. The van der Waals surface area contributed by atoms with Crippen LogP contribution in [0.15, 0.2) is 36.4 Å². The van der Waals surface area contributed by atoms with E-state index in [4.69, 9.17) is 0 Å². The van der Waals surface area contributed by atoms with Crippen molar-refractivity contribution in [2.75, 3.05) is 5.32 Å². The Bertz CT molecular complexity index is 797. The van der Waals surface area contributed by atoms with E-state index >= 15 is 0 Å². The number of alkyl halides is 2. The summed E-state index contributed by atoms with van der Waals surface area (Å²) in [5, 5.41) is 14.4. The Morgan fingerprint density at radius 2 is 1.91 bits per heavy atom. The summed E-state index contributed by atoms with van der Waals surface area (Å²) in [6.07, 6.45) is -2.72. The lowest BCUT2D eigenvalue weighted by Crippen LogP contribution is -2.03. The Labute approximate surface area is 126 Å². The highest BCUT2D eigenvalue weighted by atomic mass is 19.3. The zero-order valence-corrected chi connectivity index (χ0v) is 12.2. The maximum Gasteiger partial charge on any atom is 0.299 e. The van der Waals surface area contributed by atoms with Gasteiger partial charge in [-0.2, -0.15) is 4.52 Å². The average Bonchev–Trinajstić information content (AvgIpc) is 2.91. The largest absolute Gasteiger partial charge is 0.339 e. The van der Waals surface area contributed by atoms with Gasteiger partial charge in [-0.05, 0) is 35.7 Å². The fourth-order valence-corrected chi connectivity index (χ4v) is 2.13. The molecule has 0 atom stereocenters. The van der Waals surface area contributed by atoms with Gasteiger partial charge in [-0.15, -0.1) is 15.3 Å². The first-order chi connectivity index (χ1) is 10.5. The number of halogens is 2. The van der Waals surface area contributed by atoms with Crippen molar-refractivity contribution in [1.29, 1.82) is 0 Å². The van der Waals surface area contributed by atoms with Gasteiger partial charge < -0.3 is 5.32 Å². The van der Waals surface area contributed by atoms with Crippen LogP contribution in [0.1, 0.15) is 37.6 Å². The Balaban J connectivity index is 1.93. The first-order valence-electron chi connectivity index (χ1n) is 6.92. The molecule has 0 aliphatic heterocycles. The first-order valence-corrected chi connectivity index (χ1v) is 6.92. The summed E-state index contributed by atoms with van der Waals surface area (Å²) in [4.78, 5) is 0. The van der Waals surface area contributed by atoms with E-state index in [-0.39, 0.29) is 5.65 Å². The van der Waals surface area contributed by atoms with Crippen LogP contribution < -0.4 is 5.32 Å². The molecule has 0 amide bonds. The maximum atomic E-state index is 12.8. The van der Waals surface area contributed by atoms with E-state index in [1.165, 1.54) is 5.56 Å². The predicted molar refractivity (Wildman–Crippen MR) is 79.6 cm³/mol. The lowest BCUT2D eigenvalue weighted by atomic mass is 10.0. The molecule has 5 nitrogen and oxygen atoms in total. The molecule has 0 radical (unpaired) electrons. The topological polar surface area (TPSA) is 55.1 Å². The molecule has 0 aliphatic rings. The lowest BCUT2D eigenvalue weighted by Gasteiger charge is -2.10. The van der Waals surface area contributed by atoms with Crippen molar-refractivity contribution in [3.05, 3.63) is 47.8 Å². The molecule has 0 bridgehead atoms. The van der Waals surface area contributed by atoms with E-state index in [0.717, 1.165) is 10.2 Å². The van der Waals surface area contributed by atoms with Gasteiger partial charge in [-0.3, -0.25) is 0 Å². The van der Waals surface area contributed by atoms with Crippen LogP contribution in [0, 0.1) is 0 Å². The van der Waals surface area contributed by atoms with Crippen LogP contribution in [-0.2, 0) is 0 Å². The van der Waals surface area contributed by atoms with Crippen LogP contribution >= 0.6 is 0 Å². The molecular formula is C15H15F2N5. The van der Waals surface area contributed by atoms with Crippen LogP contribution in [0.25, 0.3) is 5.65 Å². The normalized spacial score (nSPS) is 11.5. The van der Waals surface area contributed by atoms with Crippen LogP contribution in [-0.4, -0.2) is 19.8 Å². The molecule has 0 fully saturated rings. The first kappa shape index (κ1) is 14.4. The standard InChI is InChI=1S/C15H15F2N5/c1-9(2)10-4-3-5-11(8-10)18-12-6-7-13-19-20-15(14(16)17)22(13)21-12/h3-9,14H,1-2H3,(H,18,21). The van der Waals surface area contributed by atoms with Gasteiger partial charge in [0.25, 0.3) is 6.43 Å². The van der Waals surface area contributed by atoms with Crippen molar-refractivity contribution in [2.24, 2.45) is 0 Å². The Morgan fingerprint density at radius 3 is 2.64 bits per heavy atom. The molecule has 2 heterocycles. The summed E-state index contributed by atoms with van der Waals surface area (Å²) in [5.74, 6) is 0.394. The molecule has 0 saturated heterocycles. The summed E-state index contributed by atoms with van der Waals surface area (Å²) in [7, 11) is 0. The van der Waals surface area contributed by atoms with Crippen LogP contribution in [0.2, 0.25) is 0 Å². The van der Waals surface area contributed by atoms with E-state index in [9.17, 15) is 8.78 Å². The maximum absolute atomic E-state index is 12.8. The minimum atomic E-state index is -2.72. The predicted octanol–water partition coefficient (Wildman–Crippen LogP) is 3.93. The quantitative estimate of drug-likeness (QED) is 0.793. The third-order valence-electron chi connectivity index (χ3n) is 3.31. The Hall–Kier alpha value is -2.57. The van der Waals surface area contributed by atoms with Gasteiger partial charge in [-0.25, -0.2) is 8.78 Å². The van der Waals surface area contributed by atoms with Crippen LogP contribution in [0.3, 0.4) is 0 Å². The second kappa shape index (κ2) is 5.67. The van der Waals surface area contributed by atoms with Gasteiger partial charge >= 0.3 is 0 Å². The minimum Gasteiger partial charge on any atom is -0.339 e. The highest BCUT2D eigenvalue weighted by Crippen LogP contribution is 2.22. The average molecular weight is 303 g/mol. The summed E-state index contributed by atoms with van der Waals surface area (Å²) >= 11 is 0. The number of rotatable bonds is 4. The zero-order chi connectivity index (χ0) is 15.7. The molecule has 22 heavy (non-hydrogen) atoms. The van der Waals surface area contributed by atoms with Gasteiger partial charge in [0.05, 0.1) is 0 Å². The number of fused-ring (bicyclic) bond motifs is 1. The van der Waals surface area contributed by atoms with E-state index < -0.39 is 12.2 Å². The fraction of sp³-hybridized carbons (Fsp3) is 0.267. The Morgan fingerprint density at radius 1 is 1.09 bits per heavy atom. The summed E-state index contributed by atoms with van der Waals surface area (Å²) in [5.41, 5.74) is 2.32. The van der Waals surface area contributed by atoms with Crippen LogP contribution in [0.4, 0.5) is 20.3 Å². The zero-order valence-electron chi connectivity index (χ0n) is 12.2. The summed E-state index contributed by atoms with van der Waals surface area (Å²) < 4.78 is 26.7. The molecule has 3 aromatic rings. The summed E-state index contributed by atoms with van der Waals surface area (Å²) in [6.45, 7) is 4.21. The van der Waals surface area contributed by atoms with Gasteiger partial charge in [0.15, 0.2) is 11.5 Å². The molecule has 3 rings (SSSR count). The fourth-order valence-electron chi connectivity index (χ4n) is 2.13. The molecule has 2 aromatic heterocycles. The second-order valence-electron chi connectivity index (χ2n) is 5.25. The number of aromatic nitrogens is 4. The molecular weight excluding hydrogens is 288 g/mol.